The Morgan fingerprint density at radius 2 is 1.81 bits per heavy atom. The number of hydrogen-bond donors (Lipinski definition) is 0. The number of anilines is 1. The predicted molar refractivity (Wildman–Crippen MR) is 126 cm³/mol. The first kappa shape index (κ1) is 19.8. The fraction of sp³-hybridized carbons (Fsp3) is 0.231. The number of benzene rings is 3. The summed E-state index contributed by atoms with van der Waals surface area (Å²) in [5, 5.41) is 0.704. The lowest BCUT2D eigenvalue weighted by Gasteiger charge is -2.22. The number of fused-ring (bicyclic) bond motifs is 2. The van der Waals surface area contributed by atoms with Crippen LogP contribution in [-0.2, 0) is 19.4 Å². The molecule has 0 bridgehead atoms. The topological polar surface area (TPSA) is 42.4 Å². The van der Waals surface area contributed by atoms with E-state index in [1.165, 1.54) is 35.3 Å². The Kier molecular flexibility index (Phi) is 5.43. The normalized spacial score (nSPS) is 13.1. The first-order valence-corrected chi connectivity index (χ1v) is 11.4. The quantitative estimate of drug-likeness (QED) is 0.390. The van der Waals surface area contributed by atoms with Crippen molar-refractivity contribution in [2.75, 3.05) is 12.0 Å². The average Bonchev–Trinajstić information content (AvgIpc) is 3.25. The number of aromatic nitrogens is 1. The van der Waals surface area contributed by atoms with Gasteiger partial charge in [0.2, 0.25) is 0 Å². The van der Waals surface area contributed by atoms with Gasteiger partial charge in [0.1, 0.15) is 5.75 Å². The van der Waals surface area contributed by atoms with Gasteiger partial charge in [-0.25, -0.2) is 4.98 Å². The molecule has 1 aliphatic rings. The molecule has 3 aromatic carbocycles. The van der Waals surface area contributed by atoms with Crippen LogP contribution in [0.5, 0.6) is 5.75 Å². The monoisotopic (exact) mass is 428 g/mol. The molecular formula is C26H24N2O2S. The van der Waals surface area contributed by atoms with Gasteiger partial charge in [0, 0.05) is 11.6 Å². The van der Waals surface area contributed by atoms with Crippen LogP contribution in [0.4, 0.5) is 5.13 Å². The maximum absolute atomic E-state index is 13.7. The molecule has 156 valence electrons. The molecule has 0 N–H and O–H groups in total. The van der Waals surface area contributed by atoms with Gasteiger partial charge in [0.15, 0.2) is 5.13 Å². The van der Waals surface area contributed by atoms with E-state index in [-0.39, 0.29) is 5.91 Å². The third-order valence-corrected chi connectivity index (χ3v) is 6.90. The van der Waals surface area contributed by atoms with Gasteiger partial charge in [-0.2, -0.15) is 0 Å². The molecular weight excluding hydrogens is 404 g/mol. The van der Waals surface area contributed by atoms with Gasteiger partial charge in [-0.05, 0) is 66.6 Å². The number of carbonyl (C=O) groups is 1. The van der Waals surface area contributed by atoms with Crippen LogP contribution < -0.4 is 9.64 Å². The Hall–Kier alpha value is -3.18. The van der Waals surface area contributed by atoms with Crippen molar-refractivity contribution in [2.24, 2.45) is 0 Å². The molecule has 0 aliphatic heterocycles. The van der Waals surface area contributed by atoms with Crippen LogP contribution in [0.15, 0.2) is 66.7 Å². The number of nitrogens with zero attached hydrogens (tertiary/aromatic N) is 2. The SMILES string of the molecule is COc1ccc2sc(N(Cc3ccccc3)C(=O)c3ccc4c(c3)CCCC4)nc2c1. The molecule has 4 aromatic rings. The summed E-state index contributed by atoms with van der Waals surface area (Å²) < 4.78 is 6.38. The molecule has 1 aromatic heterocycles. The van der Waals surface area contributed by atoms with E-state index in [1.807, 2.05) is 54.6 Å². The average molecular weight is 429 g/mol. The van der Waals surface area contributed by atoms with Crippen LogP contribution in [0.25, 0.3) is 10.2 Å². The Bertz CT molecular complexity index is 1230. The van der Waals surface area contributed by atoms with Crippen molar-refractivity contribution >= 4 is 32.6 Å². The van der Waals surface area contributed by atoms with Crippen molar-refractivity contribution in [3.05, 3.63) is 89.0 Å². The van der Waals surface area contributed by atoms with Crippen molar-refractivity contribution < 1.29 is 9.53 Å². The van der Waals surface area contributed by atoms with Crippen LogP contribution in [0.1, 0.15) is 39.9 Å². The minimum atomic E-state index is -0.0109. The third-order valence-electron chi connectivity index (χ3n) is 5.84. The Balaban J connectivity index is 1.54. The van der Waals surface area contributed by atoms with E-state index in [9.17, 15) is 4.79 Å². The fourth-order valence-electron chi connectivity index (χ4n) is 4.15. The lowest BCUT2D eigenvalue weighted by Crippen LogP contribution is -2.30. The molecule has 1 aliphatic carbocycles. The second kappa shape index (κ2) is 8.52. The van der Waals surface area contributed by atoms with Crippen LogP contribution >= 0.6 is 11.3 Å². The highest BCUT2D eigenvalue weighted by atomic mass is 32.1. The van der Waals surface area contributed by atoms with E-state index in [0.717, 1.165) is 39.9 Å². The number of ether oxygens (including phenoxy) is 1. The first-order chi connectivity index (χ1) is 15.2. The summed E-state index contributed by atoms with van der Waals surface area (Å²) in [6.45, 7) is 0.480. The van der Waals surface area contributed by atoms with Gasteiger partial charge in [-0.3, -0.25) is 9.69 Å². The highest BCUT2D eigenvalue weighted by molar-refractivity contribution is 7.22. The van der Waals surface area contributed by atoms with Gasteiger partial charge in [-0.1, -0.05) is 47.7 Å². The maximum Gasteiger partial charge on any atom is 0.260 e. The van der Waals surface area contributed by atoms with Gasteiger partial charge in [0.25, 0.3) is 5.91 Å². The summed E-state index contributed by atoms with van der Waals surface area (Å²) in [5.74, 6) is 0.753. The number of amides is 1. The zero-order valence-electron chi connectivity index (χ0n) is 17.5. The van der Waals surface area contributed by atoms with Gasteiger partial charge >= 0.3 is 0 Å². The number of hydrogen-bond acceptors (Lipinski definition) is 4. The Morgan fingerprint density at radius 3 is 2.61 bits per heavy atom. The molecule has 1 amide bonds. The first-order valence-electron chi connectivity index (χ1n) is 10.6. The molecule has 5 heteroatoms. The summed E-state index contributed by atoms with van der Waals surface area (Å²) in [5.41, 5.74) is 5.34. The summed E-state index contributed by atoms with van der Waals surface area (Å²) >= 11 is 1.53. The number of methoxy groups -OCH3 is 1. The van der Waals surface area contributed by atoms with E-state index in [4.69, 9.17) is 9.72 Å². The number of rotatable bonds is 5. The molecule has 0 radical (unpaired) electrons. The minimum absolute atomic E-state index is 0.0109. The highest BCUT2D eigenvalue weighted by Crippen LogP contribution is 2.33. The molecule has 0 atom stereocenters. The fourth-order valence-corrected chi connectivity index (χ4v) is 5.10. The van der Waals surface area contributed by atoms with Crippen molar-refractivity contribution in [2.45, 2.75) is 32.2 Å². The molecule has 31 heavy (non-hydrogen) atoms. The van der Waals surface area contributed by atoms with Crippen molar-refractivity contribution in [3.63, 3.8) is 0 Å². The van der Waals surface area contributed by atoms with Crippen LogP contribution in [0.3, 0.4) is 0 Å². The zero-order chi connectivity index (χ0) is 21.2. The van der Waals surface area contributed by atoms with E-state index in [2.05, 4.69) is 12.1 Å². The molecule has 0 saturated heterocycles. The number of aryl methyl sites for hydroxylation is 2. The van der Waals surface area contributed by atoms with Crippen LogP contribution in [-0.4, -0.2) is 18.0 Å². The second-order valence-electron chi connectivity index (χ2n) is 7.90. The van der Waals surface area contributed by atoms with E-state index in [0.29, 0.717) is 11.7 Å². The minimum Gasteiger partial charge on any atom is -0.497 e. The van der Waals surface area contributed by atoms with Gasteiger partial charge < -0.3 is 4.74 Å². The predicted octanol–water partition coefficient (Wildman–Crippen LogP) is 6.03. The highest BCUT2D eigenvalue weighted by Gasteiger charge is 2.23. The maximum atomic E-state index is 13.7. The van der Waals surface area contributed by atoms with Gasteiger partial charge in [0.05, 0.1) is 23.9 Å². The van der Waals surface area contributed by atoms with E-state index in [1.54, 1.807) is 12.0 Å². The smallest absolute Gasteiger partial charge is 0.260 e. The van der Waals surface area contributed by atoms with E-state index < -0.39 is 0 Å². The molecule has 4 nitrogen and oxygen atoms in total. The lowest BCUT2D eigenvalue weighted by molar-refractivity contribution is 0.0985. The molecule has 0 fully saturated rings. The molecule has 1 heterocycles. The van der Waals surface area contributed by atoms with Crippen molar-refractivity contribution in [1.82, 2.24) is 4.98 Å². The summed E-state index contributed by atoms with van der Waals surface area (Å²) in [6, 6.07) is 22.1. The number of carbonyl (C=O) groups excluding carboxylic acids is 1. The standard InChI is InChI=1S/C26H24N2O2S/c1-30-22-13-14-24-23(16-22)27-26(31-24)28(17-18-7-3-2-4-8-18)25(29)21-12-11-19-9-5-6-10-20(19)15-21/h2-4,7-8,11-16H,5-6,9-10,17H2,1H3. The van der Waals surface area contributed by atoms with Crippen molar-refractivity contribution in [1.29, 1.82) is 0 Å². The largest absolute Gasteiger partial charge is 0.497 e. The van der Waals surface area contributed by atoms with Crippen LogP contribution in [0, 0.1) is 0 Å². The molecule has 5 rings (SSSR count). The zero-order valence-corrected chi connectivity index (χ0v) is 18.3. The Labute approximate surface area is 186 Å². The number of thiazole rings is 1. The third kappa shape index (κ3) is 4.06. The van der Waals surface area contributed by atoms with E-state index >= 15 is 0 Å². The Morgan fingerprint density at radius 1 is 1.00 bits per heavy atom. The van der Waals surface area contributed by atoms with Crippen LogP contribution in [0.2, 0.25) is 0 Å². The summed E-state index contributed by atoms with van der Waals surface area (Å²) in [4.78, 5) is 20.3. The second-order valence-corrected chi connectivity index (χ2v) is 8.91. The van der Waals surface area contributed by atoms with Gasteiger partial charge in [-0.15, -0.1) is 0 Å². The lowest BCUT2D eigenvalue weighted by atomic mass is 9.90. The summed E-state index contributed by atoms with van der Waals surface area (Å²) in [6.07, 6.45) is 4.58. The molecule has 0 spiro atoms. The molecule has 0 saturated carbocycles. The summed E-state index contributed by atoms with van der Waals surface area (Å²) in [7, 11) is 1.65. The molecule has 0 unspecified atom stereocenters. The van der Waals surface area contributed by atoms with Crippen molar-refractivity contribution in [3.8, 4) is 5.75 Å².